The minimum Gasteiger partial charge on any atom is -0.363 e. The lowest BCUT2D eigenvalue weighted by atomic mass is 9.64. The Hall–Kier alpha value is -1.96. The Morgan fingerprint density at radius 2 is 1.89 bits per heavy atom. The molecule has 5 rings (SSSR count). The van der Waals surface area contributed by atoms with Crippen molar-refractivity contribution in [1.29, 1.82) is 0 Å². The Bertz CT molecular complexity index is 842. The smallest absolute Gasteiger partial charge is 0.110 e. The maximum atomic E-state index is 3.97. The van der Waals surface area contributed by atoms with Crippen LogP contribution in [0.4, 0.5) is 17.1 Å². The summed E-state index contributed by atoms with van der Waals surface area (Å²) in [6.45, 7) is 4.80. The molecule has 1 fully saturated rings. The fourth-order valence-corrected chi connectivity index (χ4v) is 6.14. The molecule has 0 radical (unpaired) electrons. The number of nitrogens with zero attached hydrogens (tertiary/aromatic N) is 1. The molecule has 0 aromatic heterocycles. The van der Waals surface area contributed by atoms with Crippen molar-refractivity contribution in [2.45, 2.75) is 71.4 Å². The minimum atomic E-state index is 0.330. The molecule has 1 saturated carbocycles. The summed E-state index contributed by atoms with van der Waals surface area (Å²) in [4.78, 5) is 2.65. The zero-order chi connectivity index (χ0) is 18.4. The monoisotopic (exact) mass is 360 g/mol. The van der Waals surface area contributed by atoms with Crippen molar-refractivity contribution in [2.24, 2.45) is 11.3 Å². The van der Waals surface area contributed by atoms with E-state index in [2.05, 4.69) is 66.5 Å². The van der Waals surface area contributed by atoms with Gasteiger partial charge in [-0.15, -0.1) is 0 Å². The SMILES string of the molecule is CCc1cccc2c1CC1(CCCCCC(C)C1)C1Nc3ccccc3N21. The van der Waals surface area contributed by atoms with E-state index in [1.807, 2.05) is 0 Å². The molecule has 2 heteroatoms. The van der Waals surface area contributed by atoms with Crippen LogP contribution in [0, 0.1) is 11.3 Å². The summed E-state index contributed by atoms with van der Waals surface area (Å²) in [5.41, 5.74) is 7.61. The van der Waals surface area contributed by atoms with Crippen molar-refractivity contribution < 1.29 is 0 Å². The van der Waals surface area contributed by atoms with Gasteiger partial charge < -0.3 is 10.2 Å². The topological polar surface area (TPSA) is 15.3 Å². The third-order valence-corrected chi connectivity index (χ3v) is 7.34. The molecule has 2 aliphatic heterocycles. The van der Waals surface area contributed by atoms with E-state index in [9.17, 15) is 0 Å². The van der Waals surface area contributed by atoms with Gasteiger partial charge in [0.15, 0.2) is 0 Å². The van der Waals surface area contributed by atoms with Gasteiger partial charge in [0, 0.05) is 11.1 Å². The highest BCUT2D eigenvalue weighted by atomic mass is 15.4. The largest absolute Gasteiger partial charge is 0.363 e. The third-order valence-electron chi connectivity index (χ3n) is 7.34. The lowest BCUT2D eigenvalue weighted by Gasteiger charge is -2.51. The number of benzene rings is 2. The van der Waals surface area contributed by atoms with Crippen LogP contribution in [0.5, 0.6) is 0 Å². The summed E-state index contributed by atoms with van der Waals surface area (Å²) < 4.78 is 0. The summed E-state index contributed by atoms with van der Waals surface area (Å²) in [6.07, 6.45) is 11.0. The molecule has 0 amide bonds. The summed E-state index contributed by atoms with van der Waals surface area (Å²) in [6, 6.07) is 15.9. The second-order valence-corrected chi connectivity index (χ2v) is 9.15. The fourth-order valence-electron chi connectivity index (χ4n) is 6.14. The van der Waals surface area contributed by atoms with Crippen LogP contribution >= 0.6 is 0 Å². The predicted octanol–water partition coefficient (Wildman–Crippen LogP) is 6.67. The first kappa shape index (κ1) is 17.2. The average Bonchev–Trinajstić information content (AvgIpc) is 3.07. The van der Waals surface area contributed by atoms with Crippen LogP contribution in [-0.2, 0) is 12.8 Å². The van der Waals surface area contributed by atoms with E-state index in [0.717, 1.165) is 12.3 Å². The quantitative estimate of drug-likeness (QED) is 0.611. The van der Waals surface area contributed by atoms with E-state index in [-0.39, 0.29) is 0 Å². The van der Waals surface area contributed by atoms with E-state index >= 15 is 0 Å². The lowest BCUT2D eigenvalue weighted by molar-refractivity contribution is 0.139. The highest BCUT2D eigenvalue weighted by Crippen LogP contribution is 2.56. The van der Waals surface area contributed by atoms with Gasteiger partial charge >= 0.3 is 0 Å². The molecule has 2 aromatic carbocycles. The van der Waals surface area contributed by atoms with E-state index in [1.54, 1.807) is 11.1 Å². The second-order valence-electron chi connectivity index (χ2n) is 9.15. The van der Waals surface area contributed by atoms with Crippen LogP contribution in [0.15, 0.2) is 42.5 Å². The normalized spacial score (nSPS) is 29.3. The van der Waals surface area contributed by atoms with Crippen LogP contribution in [0.25, 0.3) is 0 Å². The van der Waals surface area contributed by atoms with E-state index < -0.39 is 0 Å². The molecule has 0 saturated heterocycles. The summed E-state index contributed by atoms with van der Waals surface area (Å²) in [5, 5.41) is 3.97. The van der Waals surface area contributed by atoms with E-state index in [0.29, 0.717) is 11.6 Å². The zero-order valence-corrected chi connectivity index (χ0v) is 16.8. The number of nitrogens with one attached hydrogen (secondary N) is 1. The van der Waals surface area contributed by atoms with Gasteiger partial charge in [-0.1, -0.05) is 63.8 Å². The second kappa shape index (κ2) is 6.58. The molecule has 3 unspecified atom stereocenters. The summed E-state index contributed by atoms with van der Waals surface area (Å²) in [7, 11) is 0. The molecule has 1 spiro atoms. The standard InChI is InChI=1S/C25H32N2/c1-3-19-11-9-14-22-20(19)17-25(15-8-4-5-10-18(2)16-25)24-26-21-12-6-7-13-23(21)27(22)24/h6-7,9,11-14,18,24,26H,3-5,8,10,15-17H2,1-2H3. The van der Waals surface area contributed by atoms with Gasteiger partial charge in [-0.05, 0) is 60.9 Å². The molecule has 3 atom stereocenters. The number of rotatable bonds is 1. The molecule has 1 aliphatic carbocycles. The molecule has 2 heterocycles. The number of anilines is 3. The van der Waals surface area contributed by atoms with Crippen molar-refractivity contribution in [2.75, 3.05) is 10.2 Å². The molecular weight excluding hydrogens is 328 g/mol. The van der Waals surface area contributed by atoms with Crippen molar-refractivity contribution in [3.63, 3.8) is 0 Å². The molecule has 2 nitrogen and oxygen atoms in total. The van der Waals surface area contributed by atoms with Crippen LogP contribution in [0.3, 0.4) is 0 Å². The van der Waals surface area contributed by atoms with Crippen molar-refractivity contribution in [1.82, 2.24) is 0 Å². The summed E-state index contributed by atoms with van der Waals surface area (Å²) in [5.74, 6) is 0.813. The number of hydrogen-bond acceptors (Lipinski definition) is 2. The first-order chi connectivity index (χ1) is 13.2. The highest BCUT2D eigenvalue weighted by Gasteiger charge is 2.50. The fraction of sp³-hybridized carbons (Fsp3) is 0.520. The molecule has 0 bridgehead atoms. The Morgan fingerprint density at radius 3 is 2.78 bits per heavy atom. The Labute approximate surface area is 164 Å². The molecule has 142 valence electrons. The van der Waals surface area contributed by atoms with Crippen LogP contribution in [-0.4, -0.2) is 6.17 Å². The maximum absolute atomic E-state index is 3.97. The van der Waals surface area contributed by atoms with E-state index in [4.69, 9.17) is 0 Å². The van der Waals surface area contributed by atoms with Crippen LogP contribution in [0.1, 0.15) is 63.5 Å². The molecular formula is C25H32N2. The molecule has 1 N–H and O–H groups in total. The number of para-hydroxylation sites is 2. The number of hydrogen-bond donors (Lipinski definition) is 1. The van der Waals surface area contributed by atoms with Gasteiger partial charge in [-0.2, -0.15) is 0 Å². The van der Waals surface area contributed by atoms with Gasteiger partial charge in [-0.25, -0.2) is 0 Å². The first-order valence-electron chi connectivity index (χ1n) is 11.0. The Kier molecular flexibility index (Phi) is 4.18. The predicted molar refractivity (Wildman–Crippen MR) is 115 cm³/mol. The lowest BCUT2D eigenvalue weighted by Crippen LogP contribution is -2.53. The average molecular weight is 361 g/mol. The van der Waals surface area contributed by atoms with Crippen LogP contribution < -0.4 is 10.2 Å². The highest BCUT2D eigenvalue weighted by molar-refractivity contribution is 5.85. The summed E-state index contributed by atoms with van der Waals surface area (Å²) >= 11 is 0. The Balaban J connectivity index is 1.69. The van der Waals surface area contributed by atoms with Gasteiger partial charge in [0.1, 0.15) is 6.17 Å². The van der Waals surface area contributed by atoms with Gasteiger partial charge in [0.2, 0.25) is 0 Å². The number of aryl methyl sites for hydroxylation is 1. The van der Waals surface area contributed by atoms with E-state index in [1.165, 1.54) is 62.0 Å². The minimum absolute atomic E-state index is 0.330. The maximum Gasteiger partial charge on any atom is 0.110 e. The van der Waals surface area contributed by atoms with Crippen molar-refractivity contribution in [3.05, 3.63) is 53.6 Å². The first-order valence-corrected chi connectivity index (χ1v) is 11.0. The molecule has 2 aromatic rings. The number of fused-ring (bicyclic) bond motifs is 6. The molecule has 27 heavy (non-hydrogen) atoms. The van der Waals surface area contributed by atoms with Gasteiger partial charge in [0.25, 0.3) is 0 Å². The zero-order valence-electron chi connectivity index (χ0n) is 16.8. The van der Waals surface area contributed by atoms with Crippen molar-refractivity contribution in [3.8, 4) is 0 Å². The van der Waals surface area contributed by atoms with Crippen molar-refractivity contribution >= 4 is 17.1 Å². The van der Waals surface area contributed by atoms with Gasteiger partial charge in [-0.3, -0.25) is 0 Å². The third kappa shape index (κ3) is 2.68. The van der Waals surface area contributed by atoms with Crippen LogP contribution in [0.2, 0.25) is 0 Å². The Morgan fingerprint density at radius 1 is 1.04 bits per heavy atom. The molecule has 3 aliphatic rings. The van der Waals surface area contributed by atoms with Gasteiger partial charge in [0.05, 0.1) is 11.4 Å².